The fourth-order valence-electron chi connectivity index (χ4n) is 2.67. The zero-order chi connectivity index (χ0) is 15.9. The Labute approximate surface area is 135 Å². The Bertz CT molecular complexity index is 618. The minimum absolute atomic E-state index is 0.0505. The van der Waals surface area contributed by atoms with Gasteiger partial charge in [-0.1, -0.05) is 18.2 Å². The number of fused-ring (bicyclic) bond motifs is 1. The monoisotopic (exact) mass is 320 g/mol. The van der Waals surface area contributed by atoms with E-state index in [1.54, 1.807) is 11.8 Å². The fourth-order valence-corrected chi connectivity index (χ4v) is 3.33. The third-order valence-electron chi connectivity index (χ3n) is 3.84. The predicted molar refractivity (Wildman–Crippen MR) is 93.4 cm³/mol. The summed E-state index contributed by atoms with van der Waals surface area (Å²) in [6.07, 6.45) is 5.80. The Kier molecular flexibility index (Phi) is 6.34. The van der Waals surface area contributed by atoms with Crippen LogP contribution in [0.5, 0.6) is 0 Å². The molecular formula is C17H24N2O2S. The molecule has 0 spiro atoms. The Balaban J connectivity index is 1.93. The normalized spacial score (nSPS) is 12.5. The molecular weight excluding hydrogens is 296 g/mol. The number of rotatable bonds is 8. The molecule has 1 aromatic heterocycles. The summed E-state index contributed by atoms with van der Waals surface area (Å²) in [4.78, 5) is 15.4. The summed E-state index contributed by atoms with van der Waals surface area (Å²) in [7, 11) is 0. The Morgan fingerprint density at radius 2 is 2.27 bits per heavy atom. The van der Waals surface area contributed by atoms with Crippen LogP contribution in [0.1, 0.15) is 24.0 Å². The van der Waals surface area contributed by atoms with Crippen molar-refractivity contribution in [1.82, 2.24) is 10.3 Å². The fraction of sp³-hybridized carbons (Fsp3) is 0.471. The number of carbonyl (C=O) groups is 1. The van der Waals surface area contributed by atoms with Gasteiger partial charge in [0.2, 0.25) is 5.91 Å². The Morgan fingerprint density at radius 3 is 3.00 bits per heavy atom. The summed E-state index contributed by atoms with van der Waals surface area (Å²) in [6.45, 7) is 2.18. The van der Waals surface area contributed by atoms with Crippen LogP contribution in [0.15, 0.2) is 24.4 Å². The van der Waals surface area contributed by atoms with Gasteiger partial charge in [0.1, 0.15) is 0 Å². The number of aryl methyl sites for hydroxylation is 2. The minimum atomic E-state index is 0.0505. The summed E-state index contributed by atoms with van der Waals surface area (Å²) in [5, 5.41) is 13.2. The topological polar surface area (TPSA) is 65.1 Å². The molecule has 120 valence electrons. The highest BCUT2D eigenvalue weighted by atomic mass is 32.2. The highest BCUT2D eigenvalue weighted by molar-refractivity contribution is 7.98. The summed E-state index contributed by atoms with van der Waals surface area (Å²) >= 11 is 1.68. The van der Waals surface area contributed by atoms with Gasteiger partial charge in [-0.2, -0.15) is 11.8 Å². The van der Waals surface area contributed by atoms with E-state index >= 15 is 0 Å². The first-order valence-electron chi connectivity index (χ1n) is 7.60. The lowest BCUT2D eigenvalue weighted by molar-refractivity contribution is -0.121. The number of benzene rings is 1. The Hall–Kier alpha value is -1.46. The van der Waals surface area contributed by atoms with Crippen molar-refractivity contribution in [3.63, 3.8) is 0 Å². The van der Waals surface area contributed by atoms with E-state index in [4.69, 9.17) is 5.11 Å². The van der Waals surface area contributed by atoms with Gasteiger partial charge in [-0.25, -0.2) is 0 Å². The molecule has 0 aliphatic heterocycles. The molecule has 22 heavy (non-hydrogen) atoms. The van der Waals surface area contributed by atoms with Crippen LogP contribution < -0.4 is 5.32 Å². The lowest BCUT2D eigenvalue weighted by Gasteiger charge is -2.16. The maximum Gasteiger partial charge on any atom is 0.220 e. The van der Waals surface area contributed by atoms with Crippen LogP contribution in [0.3, 0.4) is 0 Å². The zero-order valence-corrected chi connectivity index (χ0v) is 14.0. The summed E-state index contributed by atoms with van der Waals surface area (Å²) < 4.78 is 0. The van der Waals surface area contributed by atoms with Gasteiger partial charge in [0.15, 0.2) is 0 Å². The van der Waals surface area contributed by atoms with Crippen molar-refractivity contribution in [2.75, 3.05) is 18.6 Å². The number of para-hydroxylation sites is 1. The SMILES string of the molecule is CSCC(CCO)NC(=O)CCc1c[nH]c2c(C)cccc12. The van der Waals surface area contributed by atoms with Crippen molar-refractivity contribution in [2.45, 2.75) is 32.2 Å². The number of hydrogen-bond acceptors (Lipinski definition) is 3. The average molecular weight is 320 g/mol. The lowest BCUT2D eigenvalue weighted by atomic mass is 10.1. The molecule has 0 fully saturated rings. The first-order chi connectivity index (χ1) is 10.7. The maximum atomic E-state index is 12.1. The van der Waals surface area contributed by atoms with Crippen LogP contribution >= 0.6 is 11.8 Å². The van der Waals surface area contributed by atoms with Crippen molar-refractivity contribution in [1.29, 1.82) is 0 Å². The highest BCUT2D eigenvalue weighted by Crippen LogP contribution is 2.22. The molecule has 1 atom stereocenters. The third-order valence-corrected chi connectivity index (χ3v) is 4.58. The molecule has 0 radical (unpaired) electrons. The second-order valence-corrected chi connectivity index (χ2v) is 6.45. The Morgan fingerprint density at radius 1 is 1.45 bits per heavy atom. The van der Waals surface area contributed by atoms with Crippen LogP contribution in [-0.2, 0) is 11.2 Å². The molecule has 1 amide bonds. The molecule has 2 aromatic rings. The van der Waals surface area contributed by atoms with E-state index in [0.717, 1.165) is 17.7 Å². The van der Waals surface area contributed by atoms with Crippen molar-refractivity contribution in [2.24, 2.45) is 0 Å². The van der Waals surface area contributed by atoms with E-state index in [0.29, 0.717) is 12.8 Å². The standard InChI is InChI=1S/C17H24N2O2S/c1-12-4-3-5-15-13(10-18-17(12)15)6-7-16(21)19-14(8-9-20)11-22-2/h3-5,10,14,18,20H,6-9,11H2,1-2H3,(H,19,21). The van der Waals surface area contributed by atoms with Crippen molar-refractivity contribution in [3.05, 3.63) is 35.5 Å². The van der Waals surface area contributed by atoms with Crippen LogP contribution in [0.4, 0.5) is 0 Å². The molecule has 0 saturated heterocycles. The number of hydrogen-bond donors (Lipinski definition) is 3. The molecule has 0 aliphatic rings. The number of aromatic amines is 1. The number of carbonyl (C=O) groups excluding carboxylic acids is 1. The van der Waals surface area contributed by atoms with Gasteiger partial charge in [-0.15, -0.1) is 0 Å². The third kappa shape index (κ3) is 4.27. The van der Waals surface area contributed by atoms with Crippen LogP contribution in [0, 0.1) is 6.92 Å². The average Bonchev–Trinajstić information content (AvgIpc) is 2.90. The van der Waals surface area contributed by atoms with Gasteiger partial charge in [0.05, 0.1) is 0 Å². The summed E-state index contributed by atoms with van der Waals surface area (Å²) in [5.41, 5.74) is 3.55. The van der Waals surface area contributed by atoms with Crippen LogP contribution in [-0.4, -0.2) is 40.7 Å². The molecule has 1 unspecified atom stereocenters. The van der Waals surface area contributed by atoms with Crippen LogP contribution in [0.25, 0.3) is 10.9 Å². The molecule has 1 heterocycles. The number of aliphatic hydroxyl groups is 1. The van der Waals surface area contributed by atoms with Gasteiger partial charge in [0, 0.05) is 41.9 Å². The number of thioether (sulfide) groups is 1. The van der Waals surface area contributed by atoms with Crippen LogP contribution in [0.2, 0.25) is 0 Å². The molecule has 2 rings (SSSR count). The van der Waals surface area contributed by atoms with E-state index < -0.39 is 0 Å². The second kappa shape index (κ2) is 8.25. The summed E-state index contributed by atoms with van der Waals surface area (Å²) in [6, 6.07) is 6.27. The van der Waals surface area contributed by atoms with E-state index in [2.05, 4.69) is 29.4 Å². The van der Waals surface area contributed by atoms with Crippen molar-refractivity contribution < 1.29 is 9.90 Å². The van der Waals surface area contributed by atoms with Crippen molar-refractivity contribution >= 4 is 28.6 Å². The van der Waals surface area contributed by atoms with Crippen molar-refractivity contribution in [3.8, 4) is 0 Å². The maximum absolute atomic E-state index is 12.1. The van der Waals surface area contributed by atoms with E-state index in [-0.39, 0.29) is 18.6 Å². The highest BCUT2D eigenvalue weighted by Gasteiger charge is 2.12. The number of aliphatic hydroxyl groups excluding tert-OH is 1. The number of H-pyrrole nitrogens is 1. The smallest absolute Gasteiger partial charge is 0.220 e. The molecule has 0 bridgehead atoms. The quantitative estimate of drug-likeness (QED) is 0.700. The van der Waals surface area contributed by atoms with Gasteiger partial charge in [-0.3, -0.25) is 4.79 Å². The zero-order valence-electron chi connectivity index (χ0n) is 13.2. The summed E-state index contributed by atoms with van der Waals surface area (Å²) in [5.74, 6) is 0.882. The molecule has 0 saturated carbocycles. The lowest BCUT2D eigenvalue weighted by Crippen LogP contribution is -2.37. The molecule has 3 N–H and O–H groups in total. The number of aromatic nitrogens is 1. The van der Waals surface area contributed by atoms with Gasteiger partial charge >= 0.3 is 0 Å². The van der Waals surface area contributed by atoms with Gasteiger partial charge in [-0.05, 0) is 37.1 Å². The molecule has 1 aromatic carbocycles. The minimum Gasteiger partial charge on any atom is -0.396 e. The first kappa shape index (κ1) is 16.9. The molecule has 5 heteroatoms. The number of amides is 1. The van der Waals surface area contributed by atoms with Gasteiger partial charge in [0.25, 0.3) is 0 Å². The van der Waals surface area contributed by atoms with E-state index in [1.165, 1.54) is 16.5 Å². The van der Waals surface area contributed by atoms with E-state index in [1.807, 2.05) is 18.5 Å². The van der Waals surface area contributed by atoms with Gasteiger partial charge < -0.3 is 15.4 Å². The predicted octanol–water partition coefficient (Wildman–Crippen LogP) is 2.64. The molecule has 0 aliphatic carbocycles. The molecule has 4 nitrogen and oxygen atoms in total. The first-order valence-corrected chi connectivity index (χ1v) is 8.99. The van der Waals surface area contributed by atoms with E-state index in [9.17, 15) is 4.79 Å². The second-order valence-electron chi connectivity index (χ2n) is 5.54. The largest absolute Gasteiger partial charge is 0.396 e. The number of nitrogens with one attached hydrogen (secondary N) is 2.